The zero-order valence-electron chi connectivity index (χ0n) is 43.6. The van der Waals surface area contributed by atoms with Gasteiger partial charge in [-0.15, -0.1) is 0 Å². The molecule has 0 unspecified atom stereocenters. The highest BCUT2D eigenvalue weighted by atomic mass is 15.2. The van der Waals surface area contributed by atoms with Crippen molar-refractivity contribution in [3.8, 4) is 39.9 Å². The average molecular weight is 1030 g/mol. The van der Waals surface area contributed by atoms with E-state index in [-0.39, 0.29) is 11.3 Å². The number of nitriles is 1. The van der Waals surface area contributed by atoms with Crippen LogP contribution in [0.1, 0.15) is 27.8 Å². The van der Waals surface area contributed by atoms with Gasteiger partial charge < -0.3 is 18.3 Å². The van der Waals surface area contributed by atoms with Gasteiger partial charge in [-0.25, -0.2) is 4.85 Å². The summed E-state index contributed by atoms with van der Waals surface area (Å²) >= 11 is 0. The molecule has 0 atom stereocenters. The van der Waals surface area contributed by atoms with Gasteiger partial charge in [0.15, 0.2) is 0 Å². The number of nitrogens with zero attached hydrogens (tertiary/aromatic N) is 6. The third-order valence-corrected chi connectivity index (χ3v) is 17.5. The minimum atomic E-state index is -0.650. The average Bonchev–Trinajstić information content (AvgIpc) is 4.45. The van der Waals surface area contributed by atoms with Gasteiger partial charge in [-0.1, -0.05) is 218 Å². The zero-order valence-corrected chi connectivity index (χ0v) is 43.6. The van der Waals surface area contributed by atoms with Crippen LogP contribution in [0, 0.1) is 17.9 Å². The maximum Gasteiger partial charge on any atom is 0.232 e. The molecule has 4 aromatic heterocycles. The molecule has 0 spiro atoms. The number of fused-ring (bicyclic) bond motifs is 16. The van der Waals surface area contributed by atoms with Crippen LogP contribution in [-0.4, -0.2) is 18.3 Å². The van der Waals surface area contributed by atoms with E-state index in [9.17, 15) is 11.8 Å². The van der Waals surface area contributed by atoms with Crippen molar-refractivity contribution in [3.63, 3.8) is 0 Å². The number of benzene rings is 12. The topological polar surface area (TPSA) is 47.9 Å². The van der Waals surface area contributed by atoms with E-state index in [1.807, 2.05) is 0 Å². The summed E-state index contributed by atoms with van der Waals surface area (Å²) in [5.74, 6) is 0. The molecule has 6 heteroatoms. The number of aromatic nitrogens is 4. The van der Waals surface area contributed by atoms with Gasteiger partial charge in [0.2, 0.25) is 5.69 Å². The number of para-hydroxylation sites is 7. The van der Waals surface area contributed by atoms with Crippen LogP contribution < -0.4 is 0 Å². The first-order chi connectivity index (χ1) is 40.2. The van der Waals surface area contributed by atoms with E-state index in [1.165, 1.54) is 22.3 Å². The first-order valence-corrected chi connectivity index (χ1v) is 27.5. The van der Waals surface area contributed by atoms with Gasteiger partial charge in [0, 0.05) is 43.1 Å². The number of hydrogen-bond donors (Lipinski definition) is 0. The van der Waals surface area contributed by atoms with Gasteiger partial charge in [0.05, 0.1) is 90.5 Å². The molecule has 1 aliphatic carbocycles. The van der Waals surface area contributed by atoms with E-state index < -0.39 is 5.41 Å². The lowest BCUT2D eigenvalue weighted by Crippen LogP contribution is -2.28. The molecule has 1 aliphatic rings. The van der Waals surface area contributed by atoms with E-state index in [4.69, 9.17) is 0 Å². The second-order valence-corrected chi connectivity index (χ2v) is 21.2. The maximum absolute atomic E-state index is 12.5. The van der Waals surface area contributed by atoms with Crippen LogP contribution >= 0.6 is 0 Å². The van der Waals surface area contributed by atoms with E-state index in [2.05, 4.69) is 296 Å². The molecule has 0 amide bonds. The Morgan fingerprint density at radius 2 is 0.667 bits per heavy atom. The number of rotatable bonds is 6. The highest BCUT2D eigenvalue weighted by molar-refractivity contribution is 6.21. The lowest BCUT2D eigenvalue weighted by atomic mass is 9.67. The Labute approximate surface area is 465 Å². The summed E-state index contributed by atoms with van der Waals surface area (Å²) in [5, 5.41) is 21.1. The summed E-state index contributed by atoms with van der Waals surface area (Å²) < 4.78 is 9.38. The van der Waals surface area contributed by atoms with E-state index in [0.29, 0.717) is 11.4 Å². The van der Waals surface area contributed by atoms with Gasteiger partial charge in [-0.3, -0.25) is 0 Å². The van der Waals surface area contributed by atoms with Crippen molar-refractivity contribution in [1.29, 1.82) is 5.26 Å². The monoisotopic (exact) mass is 1030 g/mol. The van der Waals surface area contributed by atoms with Crippen molar-refractivity contribution in [2.75, 3.05) is 0 Å². The van der Waals surface area contributed by atoms with Crippen LogP contribution in [-0.2, 0) is 5.41 Å². The number of hydrogen-bond acceptors (Lipinski definition) is 1. The smallest absolute Gasteiger partial charge is 0.232 e. The summed E-state index contributed by atoms with van der Waals surface area (Å²) in [6.07, 6.45) is 0. The van der Waals surface area contributed by atoms with Crippen LogP contribution in [0.25, 0.3) is 126 Å². The molecule has 0 bridgehead atoms. The van der Waals surface area contributed by atoms with Crippen LogP contribution in [0.2, 0.25) is 0 Å². The van der Waals surface area contributed by atoms with Gasteiger partial charge in [0.25, 0.3) is 0 Å². The predicted molar refractivity (Wildman–Crippen MR) is 332 cm³/mol. The fourth-order valence-electron chi connectivity index (χ4n) is 14.5. The summed E-state index contributed by atoms with van der Waals surface area (Å²) in [6, 6.07) is 98.3. The Bertz CT molecular complexity index is 5240. The quantitative estimate of drug-likeness (QED) is 0.153. The molecular formula is C75H44N6. The van der Waals surface area contributed by atoms with Crippen molar-refractivity contribution < 1.29 is 0 Å². The molecule has 0 saturated carbocycles. The molecule has 12 aromatic carbocycles. The second-order valence-electron chi connectivity index (χ2n) is 21.2. The standard InChI is InChI=1S/C75H44N6/c1-77-70-57(46-76)71(81-66-43-23-15-35-56(66)69-67(81)45-44-59-68(69)55-34-8-16-36-58(55)75(59,47-24-4-2-5-25-47)48-26-6-3-7-27-48)73(79-62-39-19-11-30-51(62)52-31-12-20-40-63(52)79)74(80-64-41-21-13-32-53(64)54-33-14-22-42-65(54)80)72(70)78-60-37-17-9-28-49(60)50-29-10-18-38-61(50)78/h2-45H. The molecule has 17 rings (SSSR count). The molecule has 0 aliphatic heterocycles. The van der Waals surface area contributed by atoms with Crippen molar-refractivity contribution in [1.82, 2.24) is 18.3 Å². The van der Waals surface area contributed by atoms with Gasteiger partial charge in [0.1, 0.15) is 0 Å². The molecule has 0 radical (unpaired) electrons. The van der Waals surface area contributed by atoms with Crippen LogP contribution in [0.4, 0.5) is 5.69 Å². The summed E-state index contributed by atoms with van der Waals surface area (Å²) in [5.41, 5.74) is 17.3. The highest BCUT2D eigenvalue weighted by Crippen LogP contribution is 2.60. The lowest BCUT2D eigenvalue weighted by Gasteiger charge is -2.33. The molecule has 0 fully saturated rings. The molecule has 0 N–H and O–H groups in total. The first kappa shape index (κ1) is 44.9. The van der Waals surface area contributed by atoms with Gasteiger partial charge in [-0.05, 0) is 81.9 Å². The third kappa shape index (κ3) is 5.82. The van der Waals surface area contributed by atoms with E-state index in [0.717, 1.165) is 110 Å². The maximum atomic E-state index is 12.5. The zero-order chi connectivity index (χ0) is 53.5. The molecule has 16 aromatic rings. The van der Waals surface area contributed by atoms with Crippen molar-refractivity contribution in [2.45, 2.75) is 5.41 Å². The first-order valence-electron chi connectivity index (χ1n) is 27.5. The van der Waals surface area contributed by atoms with E-state index in [1.54, 1.807) is 0 Å². The highest BCUT2D eigenvalue weighted by Gasteiger charge is 2.47. The second kappa shape index (κ2) is 16.9. The minimum absolute atomic E-state index is 0.255. The molecule has 81 heavy (non-hydrogen) atoms. The molecular weight excluding hydrogens is 985 g/mol. The molecule has 6 nitrogen and oxygen atoms in total. The van der Waals surface area contributed by atoms with Gasteiger partial charge >= 0.3 is 0 Å². The Kier molecular flexibility index (Phi) is 9.37. The van der Waals surface area contributed by atoms with Crippen LogP contribution in [0.3, 0.4) is 0 Å². The van der Waals surface area contributed by atoms with Crippen molar-refractivity contribution >= 4 is 92.9 Å². The van der Waals surface area contributed by atoms with Crippen molar-refractivity contribution in [2.24, 2.45) is 0 Å². The largest absolute Gasteiger partial charge is 0.317 e. The summed E-state index contributed by atoms with van der Waals surface area (Å²) in [6.45, 7) is 9.67. The van der Waals surface area contributed by atoms with Crippen LogP contribution in [0.15, 0.2) is 267 Å². The third-order valence-electron chi connectivity index (χ3n) is 17.5. The SMILES string of the molecule is [C-]#[N+]c1c(C#N)c(-n2c3ccccc3c3c4c(ccc32)C(c2ccccc2)(c2ccccc2)c2ccccc2-4)c(-n2c3ccccc3c3ccccc32)c(-n2c3ccccc3c3ccccc32)c1-n1c2ccccc2c2ccccc21. The molecule has 0 saturated heterocycles. The molecule has 4 heterocycles. The Balaban J connectivity index is 1.15. The fourth-order valence-corrected chi connectivity index (χ4v) is 14.5. The fraction of sp³-hybridized carbons (Fsp3) is 0.0133. The molecule has 374 valence electrons. The Hall–Kier alpha value is -11.2. The normalized spacial score (nSPS) is 12.8. The van der Waals surface area contributed by atoms with Crippen LogP contribution in [0.5, 0.6) is 0 Å². The predicted octanol–water partition coefficient (Wildman–Crippen LogP) is 18.9. The Morgan fingerprint density at radius 3 is 1.10 bits per heavy atom. The van der Waals surface area contributed by atoms with Gasteiger partial charge in [-0.2, -0.15) is 5.26 Å². The minimum Gasteiger partial charge on any atom is -0.317 e. The van der Waals surface area contributed by atoms with Crippen molar-refractivity contribution in [3.05, 3.63) is 306 Å². The summed E-state index contributed by atoms with van der Waals surface area (Å²) in [4.78, 5) is 4.66. The van der Waals surface area contributed by atoms with E-state index >= 15 is 0 Å². The summed E-state index contributed by atoms with van der Waals surface area (Å²) in [7, 11) is 0. The lowest BCUT2D eigenvalue weighted by molar-refractivity contribution is 0.769. The Morgan fingerprint density at radius 1 is 0.321 bits per heavy atom.